The molecule has 0 aliphatic carbocycles. The Morgan fingerprint density at radius 3 is 0.667 bits per heavy atom. The number of aliphatic hydroxyl groups is 1. The normalized spacial score (nSPS) is 13.9. The third-order valence-electron chi connectivity index (χ3n) is 19.5. The molecule has 0 saturated carbocycles. The predicted octanol–water partition coefficient (Wildman–Crippen LogP) is 25.1. The van der Waals surface area contributed by atoms with Crippen molar-refractivity contribution >= 4 is 39.5 Å². The van der Waals surface area contributed by atoms with Gasteiger partial charge < -0.3 is 33.8 Å². The van der Waals surface area contributed by atoms with E-state index in [-0.39, 0.29) is 25.7 Å². The van der Waals surface area contributed by atoms with E-state index < -0.39 is 97.5 Å². The zero-order valence-electron chi connectivity index (χ0n) is 66.9. The second-order valence-electron chi connectivity index (χ2n) is 30.8. The van der Waals surface area contributed by atoms with Crippen LogP contribution in [0.2, 0.25) is 0 Å². The quantitative estimate of drug-likeness (QED) is 0.0222. The average Bonchev–Trinajstić information content (AvgIpc) is 0.980. The lowest BCUT2D eigenvalue weighted by Crippen LogP contribution is -2.30. The summed E-state index contributed by atoms with van der Waals surface area (Å²) in [5.74, 6) is -0.583. The Kier molecular flexibility index (Phi) is 73.1. The Balaban J connectivity index is 5.25. The summed E-state index contributed by atoms with van der Waals surface area (Å²) in [6.07, 6.45) is 65.2. The fourth-order valence-electron chi connectivity index (χ4n) is 12.9. The van der Waals surface area contributed by atoms with Gasteiger partial charge in [-0.05, 0) is 37.5 Å². The molecule has 17 nitrogen and oxygen atoms in total. The summed E-state index contributed by atoms with van der Waals surface area (Å²) in [6, 6.07) is 0. The Morgan fingerprint density at radius 1 is 0.265 bits per heavy atom. The van der Waals surface area contributed by atoms with Crippen LogP contribution in [0.25, 0.3) is 0 Å². The molecule has 19 heteroatoms. The number of phosphoric acid groups is 2. The first-order valence-corrected chi connectivity index (χ1v) is 46.0. The van der Waals surface area contributed by atoms with Crippen molar-refractivity contribution in [3.63, 3.8) is 0 Å². The number of carbonyl (C=O) groups is 4. The maximum Gasteiger partial charge on any atom is 0.472 e. The van der Waals surface area contributed by atoms with Gasteiger partial charge in [0.05, 0.1) is 26.4 Å². The molecule has 0 rings (SSSR count). The van der Waals surface area contributed by atoms with Gasteiger partial charge in [0.2, 0.25) is 0 Å². The molecule has 0 aliphatic rings. The Bertz CT molecular complexity index is 1960. The molecule has 0 aromatic rings. The van der Waals surface area contributed by atoms with Gasteiger partial charge in [0.1, 0.15) is 19.3 Å². The lowest BCUT2D eigenvalue weighted by atomic mass is 10.0. The number of hydrogen-bond donors (Lipinski definition) is 3. The molecule has 0 aromatic carbocycles. The fourth-order valence-corrected chi connectivity index (χ4v) is 14.5. The molecule has 0 aromatic heterocycles. The summed E-state index contributed by atoms with van der Waals surface area (Å²) in [5.41, 5.74) is 0. The molecule has 0 aliphatic heterocycles. The lowest BCUT2D eigenvalue weighted by Gasteiger charge is -2.21. The second-order valence-corrected chi connectivity index (χ2v) is 33.7. The summed E-state index contributed by atoms with van der Waals surface area (Å²) >= 11 is 0. The van der Waals surface area contributed by atoms with Crippen LogP contribution < -0.4 is 0 Å². The molecule has 0 fully saturated rings. The molecule has 102 heavy (non-hydrogen) atoms. The van der Waals surface area contributed by atoms with Crippen LogP contribution in [-0.4, -0.2) is 96.7 Å². The van der Waals surface area contributed by atoms with Crippen molar-refractivity contribution in [3.05, 3.63) is 0 Å². The largest absolute Gasteiger partial charge is 0.472 e. The Hall–Kier alpha value is -1.94. The summed E-state index contributed by atoms with van der Waals surface area (Å²) in [5, 5.41) is 10.7. The number of aliphatic hydroxyl groups excluding tert-OH is 1. The van der Waals surface area contributed by atoms with Crippen molar-refractivity contribution in [2.45, 2.75) is 458 Å². The van der Waals surface area contributed by atoms with Crippen LogP contribution in [0, 0.1) is 11.8 Å². The van der Waals surface area contributed by atoms with E-state index >= 15 is 0 Å². The van der Waals surface area contributed by atoms with Gasteiger partial charge in [-0.1, -0.05) is 388 Å². The van der Waals surface area contributed by atoms with Crippen molar-refractivity contribution in [1.29, 1.82) is 0 Å². The highest BCUT2D eigenvalue weighted by Crippen LogP contribution is 2.45. The summed E-state index contributed by atoms with van der Waals surface area (Å²) < 4.78 is 68.8. The van der Waals surface area contributed by atoms with E-state index in [1.165, 1.54) is 257 Å². The third kappa shape index (κ3) is 76.3. The smallest absolute Gasteiger partial charge is 0.462 e. The van der Waals surface area contributed by atoms with Crippen molar-refractivity contribution in [2.75, 3.05) is 39.6 Å². The number of esters is 4. The molecule has 3 N–H and O–H groups in total. The topological polar surface area (TPSA) is 237 Å². The van der Waals surface area contributed by atoms with Crippen LogP contribution >= 0.6 is 15.6 Å². The predicted molar refractivity (Wildman–Crippen MR) is 418 cm³/mol. The van der Waals surface area contributed by atoms with Gasteiger partial charge in [-0.25, -0.2) is 9.13 Å². The molecular formula is C83H162O17P2. The molecule has 5 atom stereocenters. The Labute approximate surface area is 626 Å². The van der Waals surface area contributed by atoms with E-state index in [1.54, 1.807) is 0 Å². The summed E-state index contributed by atoms with van der Waals surface area (Å²) in [6.45, 7) is 9.65. The SMILES string of the molecule is CCCCCCCCCCCCCCCCCCCC(=O)OC[C@H](COP(=O)(O)OC[C@@H](O)COP(=O)(O)OC[C@@H](COC(=O)CCCCCCCCCCC(C)C)OC(=O)CCCCCCCCCCCCCCCCCCC)OC(=O)CCCCCCCCCCCCCCCCC(C)C. The molecular weight excluding hydrogens is 1330 g/mol. The number of phosphoric ester groups is 2. The van der Waals surface area contributed by atoms with Gasteiger partial charge in [0.25, 0.3) is 0 Å². The van der Waals surface area contributed by atoms with Crippen LogP contribution in [-0.2, 0) is 65.4 Å². The molecule has 0 amide bonds. The Morgan fingerprint density at radius 2 is 0.451 bits per heavy atom. The van der Waals surface area contributed by atoms with Gasteiger partial charge in [-0.2, -0.15) is 0 Å². The maximum absolute atomic E-state index is 13.1. The van der Waals surface area contributed by atoms with E-state index in [0.29, 0.717) is 25.7 Å². The molecule has 606 valence electrons. The van der Waals surface area contributed by atoms with Crippen LogP contribution in [0.1, 0.15) is 440 Å². The van der Waals surface area contributed by atoms with E-state index in [2.05, 4.69) is 41.5 Å². The number of ether oxygens (including phenoxy) is 4. The first-order valence-electron chi connectivity index (χ1n) is 43.0. The number of unbranched alkanes of at least 4 members (excludes halogenated alkanes) is 52. The van der Waals surface area contributed by atoms with E-state index in [1.807, 2.05) is 0 Å². The highest BCUT2D eigenvalue weighted by molar-refractivity contribution is 7.47. The average molecular weight is 1490 g/mol. The highest BCUT2D eigenvalue weighted by Gasteiger charge is 2.30. The first-order chi connectivity index (χ1) is 49.4. The van der Waals surface area contributed by atoms with Gasteiger partial charge in [-0.3, -0.25) is 37.3 Å². The first kappa shape index (κ1) is 100. The molecule has 2 unspecified atom stereocenters. The molecule has 0 heterocycles. The standard InChI is InChI=1S/C83H162O17P2/c1-7-9-11-13-15-17-19-21-23-25-27-32-36-40-47-53-59-65-80(85)93-71-78(99-82(87)68-62-56-50-42-38-34-30-29-31-35-39-45-51-57-63-75(3)4)73-97-101(89,90)95-69-77(84)70-96-102(91,92)98-74-79(72-94-81(86)66-60-54-48-44-43-46-52-58-64-76(5)6)100-83(88)67-61-55-49-41-37-33-28-26-24-22-20-18-16-14-12-10-8-2/h75-79,84H,7-74H2,1-6H3,(H,89,90)(H,91,92)/t77-,78-,79-/m1/s1. The van der Waals surface area contributed by atoms with Crippen molar-refractivity contribution in [1.82, 2.24) is 0 Å². The minimum absolute atomic E-state index is 0.108. The van der Waals surface area contributed by atoms with Crippen LogP contribution in [0.3, 0.4) is 0 Å². The van der Waals surface area contributed by atoms with Crippen molar-refractivity contribution in [2.24, 2.45) is 11.8 Å². The lowest BCUT2D eigenvalue weighted by molar-refractivity contribution is -0.161. The minimum Gasteiger partial charge on any atom is -0.462 e. The zero-order chi connectivity index (χ0) is 74.9. The van der Waals surface area contributed by atoms with Crippen LogP contribution in [0.5, 0.6) is 0 Å². The number of carbonyl (C=O) groups excluding carboxylic acids is 4. The summed E-state index contributed by atoms with van der Waals surface area (Å²) in [4.78, 5) is 73.1. The fraction of sp³-hybridized carbons (Fsp3) is 0.952. The zero-order valence-corrected chi connectivity index (χ0v) is 68.7. The van der Waals surface area contributed by atoms with E-state index in [4.69, 9.17) is 37.0 Å². The number of hydrogen-bond acceptors (Lipinski definition) is 15. The van der Waals surface area contributed by atoms with E-state index in [9.17, 15) is 43.2 Å². The van der Waals surface area contributed by atoms with Gasteiger partial charge in [0, 0.05) is 25.7 Å². The molecule has 0 spiro atoms. The van der Waals surface area contributed by atoms with Gasteiger partial charge in [0.15, 0.2) is 12.2 Å². The molecule has 0 saturated heterocycles. The highest BCUT2D eigenvalue weighted by atomic mass is 31.2. The van der Waals surface area contributed by atoms with E-state index in [0.717, 1.165) is 102 Å². The van der Waals surface area contributed by atoms with Crippen LogP contribution in [0.4, 0.5) is 0 Å². The second kappa shape index (κ2) is 74.5. The monoisotopic (exact) mass is 1490 g/mol. The van der Waals surface area contributed by atoms with Crippen LogP contribution in [0.15, 0.2) is 0 Å². The summed E-state index contributed by atoms with van der Waals surface area (Å²) in [7, 11) is -9.92. The minimum atomic E-state index is -4.96. The van der Waals surface area contributed by atoms with Gasteiger partial charge >= 0.3 is 39.5 Å². The molecule has 0 bridgehead atoms. The number of rotatable bonds is 82. The van der Waals surface area contributed by atoms with Gasteiger partial charge in [-0.15, -0.1) is 0 Å². The maximum atomic E-state index is 13.1. The molecule has 0 radical (unpaired) electrons. The van der Waals surface area contributed by atoms with Crippen molar-refractivity contribution in [3.8, 4) is 0 Å². The third-order valence-corrected chi connectivity index (χ3v) is 21.4. The van der Waals surface area contributed by atoms with Crippen molar-refractivity contribution < 1.29 is 80.2 Å².